The topological polar surface area (TPSA) is 15.6 Å². The minimum atomic E-state index is 0.236. The molecule has 0 fully saturated rings. The molecular formula is C25H24N2S. The van der Waals surface area contributed by atoms with E-state index >= 15 is 0 Å². The number of rotatable bonds is 3. The van der Waals surface area contributed by atoms with Crippen LogP contribution < -0.4 is 5.01 Å². The fourth-order valence-corrected chi connectivity index (χ4v) is 5.43. The smallest absolute Gasteiger partial charge is 0.0868 e. The van der Waals surface area contributed by atoms with Gasteiger partial charge in [0.1, 0.15) is 0 Å². The molecule has 0 radical (unpaired) electrons. The summed E-state index contributed by atoms with van der Waals surface area (Å²) in [7, 11) is 0. The SMILES string of the molecule is CC(C)c1ccc([C@@H]2[C@H]3CSc4ccccc4C3=NN2c2ccccc2)cc1. The molecule has 28 heavy (non-hydrogen) atoms. The Kier molecular flexibility index (Phi) is 4.48. The summed E-state index contributed by atoms with van der Waals surface area (Å²) in [4.78, 5) is 1.35. The minimum absolute atomic E-state index is 0.236. The molecule has 0 aliphatic carbocycles. The molecule has 2 aliphatic heterocycles. The Hall–Kier alpha value is -2.52. The van der Waals surface area contributed by atoms with E-state index in [2.05, 4.69) is 97.7 Å². The molecule has 2 heterocycles. The van der Waals surface area contributed by atoms with Crippen LogP contribution in [0.3, 0.4) is 0 Å². The molecule has 3 heteroatoms. The lowest BCUT2D eigenvalue weighted by molar-refractivity contribution is 0.593. The van der Waals surface area contributed by atoms with Crippen molar-refractivity contribution in [3.8, 4) is 0 Å². The molecule has 0 aromatic heterocycles. The highest BCUT2D eigenvalue weighted by molar-refractivity contribution is 7.99. The lowest BCUT2D eigenvalue weighted by Crippen LogP contribution is -2.29. The summed E-state index contributed by atoms with van der Waals surface area (Å²) in [6, 6.07) is 28.7. The molecule has 2 aliphatic rings. The lowest BCUT2D eigenvalue weighted by atomic mass is 9.87. The van der Waals surface area contributed by atoms with E-state index < -0.39 is 0 Å². The molecule has 0 saturated heterocycles. The van der Waals surface area contributed by atoms with Gasteiger partial charge in [0.2, 0.25) is 0 Å². The Labute approximate surface area is 171 Å². The highest BCUT2D eigenvalue weighted by Crippen LogP contribution is 2.47. The molecule has 0 spiro atoms. The number of nitrogens with zero attached hydrogens (tertiary/aromatic N) is 2. The van der Waals surface area contributed by atoms with Gasteiger partial charge in [-0.25, -0.2) is 0 Å². The normalized spacial score (nSPS) is 20.7. The second-order valence-corrected chi connectivity index (χ2v) is 8.91. The van der Waals surface area contributed by atoms with Crippen LogP contribution in [0.5, 0.6) is 0 Å². The van der Waals surface area contributed by atoms with Gasteiger partial charge in [-0.3, -0.25) is 5.01 Å². The molecule has 0 saturated carbocycles. The molecule has 0 unspecified atom stereocenters. The first kappa shape index (κ1) is 17.6. The summed E-state index contributed by atoms with van der Waals surface area (Å²) in [5, 5.41) is 7.42. The van der Waals surface area contributed by atoms with Crippen LogP contribution in [0.4, 0.5) is 5.69 Å². The van der Waals surface area contributed by atoms with Gasteiger partial charge in [-0.15, -0.1) is 11.8 Å². The van der Waals surface area contributed by atoms with Gasteiger partial charge in [0.15, 0.2) is 0 Å². The molecule has 2 nitrogen and oxygen atoms in total. The van der Waals surface area contributed by atoms with Gasteiger partial charge < -0.3 is 0 Å². The van der Waals surface area contributed by atoms with Gasteiger partial charge in [0.05, 0.1) is 17.4 Å². The van der Waals surface area contributed by atoms with E-state index in [1.165, 1.54) is 27.3 Å². The van der Waals surface area contributed by atoms with Gasteiger partial charge >= 0.3 is 0 Å². The van der Waals surface area contributed by atoms with Crippen LogP contribution in [0.25, 0.3) is 0 Å². The van der Waals surface area contributed by atoms with Crippen LogP contribution in [-0.4, -0.2) is 11.5 Å². The number of benzene rings is 3. The van der Waals surface area contributed by atoms with E-state index in [0.29, 0.717) is 11.8 Å². The zero-order valence-corrected chi connectivity index (χ0v) is 17.1. The van der Waals surface area contributed by atoms with Gasteiger partial charge in [-0.05, 0) is 35.2 Å². The monoisotopic (exact) mass is 384 g/mol. The summed E-state index contributed by atoms with van der Waals surface area (Å²) in [5.41, 5.74) is 6.42. The van der Waals surface area contributed by atoms with Crippen molar-refractivity contribution in [3.63, 3.8) is 0 Å². The second kappa shape index (κ2) is 7.14. The summed E-state index contributed by atoms with van der Waals surface area (Å²) in [5.74, 6) is 2.01. The van der Waals surface area contributed by atoms with Crippen molar-refractivity contribution in [1.29, 1.82) is 0 Å². The highest BCUT2D eigenvalue weighted by Gasteiger charge is 2.42. The van der Waals surface area contributed by atoms with Crippen molar-refractivity contribution < 1.29 is 0 Å². The van der Waals surface area contributed by atoms with Crippen molar-refractivity contribution >= 4 is 23.2 Å². The molecule has 2 atom stereocenters. The molecular weight excluding hydrogens is 360 g/mol. The number of hydrogen-bond donors (Lipinski definition) is 0. The number of para-hydroxylation sites is 1. The molecule has 0 amide bonds. The predicted molar refractivity (Wildman–Crippen MR) is 119 cm³/mol. The average molecular weight is 385 g/mol. The minimum Gasteiger partial charge on any atom is -0.257 e. The number of thioether (sulfide) groups is 1. The van der Waals surface area contributed by atoms with Gasteiger partial charge in [0, 0.05) is 22.1 Å². The van der Waals surface area contributed by atoms with Crippen molar-refractivity contribution in [1.82, 2.24) is 0 Å². The van der Waals surface area contributed by atoms with Crippen LogP contribution in [0.2, 0.25) is 0 Å². The summed E-state index contributed by atoms with van der Waals surface area (Å²) < 4.78 is 0. The van der Waals surface area contributed by atoms with E-state index in [-0.39, 0.29) is 6.04 Å². The molecule has 5 rings (SSSR count). The van der Waals surface area contributed by atoms with Gasteiger partial charge in [-0.1, -0.05) is 74.5 Å². The fraction of sp³-hybridized carbons (Fsp3) is 0.240. The number of hydrazone groups is 1. The van der Waals surface area contributed by atoms with Crippen LogP contribution in [-0.2, 0) is 0 Å². The van der Waals surface area contributed by atoms with Crippen molar-refractivity contribution in [2.75, 3.05) is 10.8 Å². The van der Waals surface area contributed by atoms with Crippen molar-refractivity contribution in [2.24, 2.45) is 11.0 Å². The van der Waals surface area contributed by atoms with Gasteiger partial charge in [0.25, 0.3) is 0 Å². The molecule has 140 valence electrons. The quantitative estimate of drug-likeness (QED) is 0.512. The molecule has 3 aromatic rings. The lowest BCUT2D eigenvalue weighted by Gasteiger charge is -2.30. The Morgan fingerprint density at radius 2 is 1.61 bits per heavy atom. The standard InChI is InChI=1S/C25H24N2S/c1-17(2)18-12-14-19(15-13-18)25-22-16-28-23-11-7-6-10-21(23)24(22)26-27(25)20-8-4-3-5-9-20/h3-15,17,22,25H,16H2,1-2H3/t22-,25+/m0/s1. The van der Waals surface area contributed by atoms with Crippen LogP contribution in [0.15, 0.2) is 88.9 Å². The summed E-state index contributed by atoms with van der Waals surface area (Å²) in [6.45, 7) is 4.49. The molecule has 0 bridgehead atoms. The Morgan fingerprint density at radius 3 is 2.36 bits per heavy atom. The third-order valence-corrected chi connectivity index (χ3v) is 6.95. The highest BCUT2D eigenvalue weighted by atomic mass is 32.2. The number of fused-ring (bicyclic) bond motifs is 3. The van der Waals surface area contributed by atoms with Crippen LogP contribution in [0.1, 0.15) is 42.5 Å². The largest absolute Gasteiger partial charge is 0.257 e. The third kappa shape index (κ3) is 2.94. The van der Waals surface area contributed by atoms with E-state index in [4.69, 9.17) is 5.10 Å². The average Bonchev–Trinajstić information content (AvgIpc) is 3.14. The Bertz CT molecular complexity index is 1010. The number of anilines is 1. The Morgan fingerprint density at radius 1 is 0.893 bits per heavy atom. The first-order valence-electron chi connectivity index (χ1n) is 9.97. The first-order valence-corrected chi connectivity index (χ1v) is 11.0. The van der Waals surface area contributed by atoms with Crippen LogP contribution in [0, 0.1) is 5.92 Å². The fourth-order valence-electron chi connectivity index (χ4n) is 4.23. The van der Waals surface area contributed by atoms with Crippen LogP contribution >= 0.6 is 11.8 Å². The van der Waals surface area contributed by atoms with E-state index in [1.807, 2.05) is 11.8 Å². The Balaban J connectivity index is 1.61. The van der Waals surface area contributed by atoms with Gasteiger partial charge in [-0.2, -0.15) is 5.10 Å². The van der Waals surface area contributed by atoms with E-state index in [1.54, 1.807) is 0 Å². The van der Waals surface area contributed by atoms with E-state index in [0.717, 1.165) is 11.4 Å². The number of hydrogen-bond acceptors (Lipinski definition) is 3. The molecule has 3 aromatic carbocycles. The van der Waals surface area contributed by atoms with E-state index in [9.17, 15) is 0 Å². The molecule has 0 N–H and O–H groups in total. The first-order chi connectivity index (χ1) is 13.7. The second-order valence-electron chi connectivity index (χ2n) is 7.85. The predicted octanol–water partition coefficient (Wildman–Crippen LogP) is 6.50. The maximum absolute atomic E-state index is 5.17. The maximum atomic E-state index is 5.17. The summed E-state index contributed by atoms with van der Waals surface area (Å²) in [6.07, 6.45) is 0. The summed E-state index contributed by atoms with van der Waals surface area (Å²) >= 11 is 1.96. The maximum Gasteiger partial charge on any atom is 0.0868 e. The third-order valence-electron chi connectivity index (χ3n) is 5.76. The zero-order chi connectivity index (χ0) is 19.1. The van der Waals surface area contributed by atoms with Crippen molar-refractivity contribution in [2.45, 2.75) is 30.7 Å². The zero-order valence-electron chi connectivity index (χ0n) is 16.2. The van der Waals surface area contributed by atoms with Crippen molar-refractivity contribution in [3.05, 3.63) is 95.6 Å².